The van der Waals surface area contributed by atoms with Crippen molar-refractivity contribution in [2.75, 3.05) is 11.7 Å². The third-order valence-corrected chi connectivity index (χ3v) is 5.84. The molecule has 1 unspecified atom stereocenters. The second kappa shape index (κ2) is 7.32. The third kappa shape index (κ3) is 3.39. The molecule has 1 atom stereocenters. The van der Waals surface area contributed by atoms with Crippen LogP contribution < -0.4 is 14.4 Å². The minimum atomic E-state index is -0.827. The van der Waals surface area contributed by atoms with Crippen molar-refractivity contribution in [2.45, 2.75) is 31.8 Å². The second-order valence-electron chi connectivity index (χ2n) is 7.69. The van der Waals surface area contributed by atoms with Crippen LogP contribution in [0.3, 0.4) is 0 Å². The maximum Gasteiger partial charge on any atom is 0.257 e. The van der Waals surface area contributed by atoms with Gasteiger partial charge in [0.15, 0.2) is 11.5 Å². The van der Waals surface area contributed by atoms with Gasteiger partial charge in [0.1, 0.15) is 6.04 Å². The number of nitrogens with zero attached hydrogens (tertiary/aromatic N) is 2. The number of halogens is 1. The molecule has 0 bridgehead atoms. The highest BCUT2D eigenvalue weighted by Gasteiger charge is 2.46. The van der Waals surface area contributed by atoms with E-state index in [1.165, 1.54) is 0 Å². The second-order valence-corrected chi connectivity index (χ2v) is 8.13. The topological polar surface area (TPSA) is 76.1 Å². The van der Waals surface area contributed by atoms with Crippen LogP contribution >= 0.6 is 11.6 Å². The number of hydrogen-bond donors (Lipinski definition) is 0. The maximum atomic E-state index is 13.2. The standard InChI is InChI=1S/C22H19ClN2O5/c23-15-4-6-16(7-5-15)25-20(26)10-17(22(25)28)24(21(27)14-2-3-14)11-13-1-8-18-19(9-13)30-12-29-18/h1,4-9,14,17H,2-3,10-12H2. The van der Waals surface area contributed by atoms with E-state index in [1.807, 2.05) is 12.1 Å². The Labute approximate surface area is 178 Å². The van der Waals surface area contributed by atoms with Gasteiger partial charge in [-0.3, -0.25) is 14.4 Å². The first-order valence-electron chi connectivity index (χ1n) is 9.82. The average molecular weight is 427 g/mol. The molecule has 1 saturated heterocycles. The van der Waals surface area contributed by atoms with Crippen LogP contribution in [0.5, 0.6) is 11.5 Å². The number of fused-ring (bicyclic) bond motifs is 1. The van der Waals surface area contributed by atoms with Gasteiger partial charge in [-0.25, -0.2) is 4.90 Å². The highest BCUT2D eigenvalue weighted by atomic mass is 35.5. The Hall–Kier alpha value is -3.06. The summed E-state index contributed by atoms with van der Waals surface area (Å²) in [6, 6.07) is 11.1. The predicted octanol–water partition coefficient (Wildman–Crippen LogP) is 3.14. The zero-order valence-corrected chi connectivity index (χ0v) is 16.8. The van der Waals surface area contributed by atoms with Crippen molar-refractivity contribution in [2.24, 2.45) is 5.92 Å². The zero-order valence-electron chi connectivity index (χ0n) is 16.0. The van der Waals surface area contributed by atoms with E-state index in [-0.39, 0.29) is 37.5 Å². The van der Waals surface area contributed by atoms with E-state index < -0.39 is 11.9 Å². The minimum absolute atomic E-state index is 0.0372. The molecule has 154 valence electrons. The van der Waals surface area contributed by atoms with Crippen molar-refractivity contribution < 1.29 is 23.9 Å². The molecular formula is C22H19ClN2O5. The van der Waals surface area contributed by atoms with Gasteiger partial charge in [0.25, 0.3) is 5.91 Å². The van der Waals surface area contributed by atoms with Gasteiger partial charge in [0.2, 0.25) is 18.6 Å². The molecule has 8 heteroatoms. The average Bonchev–Trinajstić information content (AvgIpc) is 3.41. The summed E-state index contributed by atoms with van der Waals surface area (Å²) in [5, 5.41) is 0.516. The summed E-state index contributed by atoms with van der Waals surface area (Å²) in [5.41, 5.74) is 1.28. The number of hydrogen-bond acceptors (Lipinski definition) is 5. The number of rotatable bonds is 5. The fraction of sp³-hybridized carbons (Fsp3) is 0.318. The Bertz CT molecular complexity index is 1030. The van der Waals surface area contributed by atoms with Crippen LogP contribution in [-0.2, 0) is 20.9 Å². The molecule has 2 fully saturated rings. The van der Waals surface area contributed by atoms with Crippen molar-refractivity contribution in [1.82, 2.24) is 4.90 Å². The molecule has 2 heterocycles. The van der Waals surface area contributed by atoms with Crippen LogP contribution in [0.25, 0.3) is 0 Å². The number of ether oxygens (including phenoxy) is 2. The molecule has 0 aromatic heterocycles. The fourth-order valence-corrected chi connectivity index (χ4v) is 3.99. The third-order valence-electron chi connectivity index (χ3n) is 5.58. The fourth-order valence-electron chi connectivity index (χ4n) is 3.86. The molecule has 0 radical (unpaired) electrons. The van der Waals surface area contributed by atoms with Crippen LogP contribution in [0.1, 0.15) is 24.8 Å². The van der Waals surface area contributed by atoms with Crippen LogP contribution in [0.15, 0.2) is 42.5 Å². The van der Waals surface area contributed by atoms with Gasteiger partial charge in [-0.1, -0.05) is 17.7 Å². The Morgan fingerprint density at radius 2 is 1.80 bits per heavy atom. The first kappa shape index (κ1) is 18.9. The van der Waals surface area contributed by atoms with E-state index in [9.17, 15) is 14.4 Å². The molecule has 30 heavy (non-hydrogen) atoms. The smallest absolute Gasteiger partial charge is 0.257 e. The lowest BCUT2D eigenvalue weighted by molar-refractivity contribution is -0.140. The van der Waals surface area contributed by atoms with E-state index in [0.717, 1.165) is 23.3 Å². The van der Waals surface area contributed by atoms with Gasteiger partial charge >= 0.3 is 0 Å². The predicted molar refractivity (Wildman–Crippen MR) is 108 cm³/mol. The van der Waals surface area contributed by atoms with Crippen LogP contribution in [-0.4, -0.2) is 35.5 Å². The number of carbonyl (C=O) groups is 3. The molecule has 1 aliphatic carbocycles. The maximum absolute atomic E-state index is 13.2. The Morgan fingerprint density at radius 1 is 1.07 bits per heavy atom. The zero-order chi connectivity index (χ0) is 20.8. The first-order valence-corrected chi connectivity index (χ1v) is 10.2. The van der Waals surface area contributed by atoms with Crippen molar-refractivity contribution in [3.05, 3.63) is 53.1 Å². The molecular weight excluding hydrogens is 408 g/mol. The van der Waals surface area contributed by atoms with Gasteiger partial charge in [-0.05, 0) is 54.8 Å². The molecule has 2 aromatic carbocycles. The van der Waals surface area contributed by atoms with E-state index in [0.29, 0.717) is 22.2 Å². The Kier molecular flexibility index (Phi) is 4.62. The number of amides is 3. The van der Waals surface area contributed by atoms with Crippen molar-refractivity contribution in [3.8, 4) is 11.5 Å². The Balaban J connectivity index is 1.43. The van der Waals surface area contributed by atoms with Gasteiger partial charge in [0.05, 0.1) is 12.1 Å². The van der Waals surface area contributed by atoms with Gasteiger partial charge in [0, 0.05) is 17.5 Å². The van der Waals surface area contributed by atoms with Crippen molar-refractivity contribution >= 4 is 35.0 Å². The molecule has 2 aromatic rings. The van der Waals surface area contributed by atoms with Crippen molar-refractivity contribution in [3.63, 3.8) is 0 Å². The minimum Gasteiger partial charge on any atom is -0.454 e. The highest BCUT2D eigenvalue weighted by Crippen LogP contribution is 2.37. The molecule has 5 rings (SSSR count). The molecule has 2 aliphatic heterocycles. The molecule has 0 spiro atoms. The molecule has 1 saturated carbocycles. The number of benzene rings is 2. The summed E-state index contributed by atoms with van der Waals surface area (Å²) in [7, 11) is 0. The van der Waals surface area contributed by atoms with Gasteiger partial charge in [-0.15, -0.1) is 0 Å². The summed E-state index contributed by atoms with van der Waals surface area (Å²) in [6.45, 7) is 0.388. The number of carbonyl (C=O) groups excluding carboxylic acids is 3. The molecule has 3 amide bonds. The number of imide groups is 1. The SMILES string of the molecule is O=C1CC(N(Cc2ccc3c(c2)OCO3)C(=O)C2CC2)C(=O)N1c1ccc(Cl)cc1. The lowest BCUT2D eigenvalue weighted by Crippen LogP contribution is -2.45. The van der Waals surface area contributed by atoms with Gasteiger partial charge in [-0.2, -0.15) is 0 Å². The Morgan fingerprint density at radius 3 is 2.53 bits per heavy atom. The number of anilines is 1. The summed E-state index contributed by atoms with van der Waals surface area (Å²) in [4.78, 5) is 41.6. The summed E-state index contributed by atoms with van der Waals surface area (Å²) < 4.78 is 10.8. The first-order chi connectivity index (χ1) is 14.5. The van der Waals surface area contributed by atoms with Crippen molar-refractivity contribution in [1.29, 1.82) is 0 Å². The summed E-state index contributed by atoms with van der Waals surface area (Å²) in [6.07, 6.45) is 1.59. The van der Waals surface area contributed by atoms with E-state index >= 15 is 0 Å². The lowest BCUT2D eigenvalue weighted by Gasteiger charge is -2.28. The van der Waals surface area contributed by atoms with Crippen LogP contribution in [0.4, 0.5) is 5.69 Å². The summed E-state index contributed by atoms with van der Waals surface area (Å²) >= 11 is 5.92. The quantitative estimate of drug-likeness (QED) is 0.686. The largest absolute Gasteiger partial charge is 0.454 e. The monoisotopic (exact) mass is 426 g/mol. The van der Waals surface area contributed by atoms with Crippen LogP contribution in [0, 0.1) is 5.92 Å². The lowest BCUT2D eigenvalue weighted by atomic mass is 10.1. The normalized spacial score (nSPS) is 20.0. The molecule has 7 nitrogen and oxygen atoms in total. The van der Waals surface area contributed by atoms with E-state index in [4.69, 9.17) is 21.1 Å². The van der Waals surface area contributed by atoms with E-state index in [2.05, 4.69) is 0 Å². The van der Waals surface area contributed by atoms with Gasteiger partial charge < -0.3 is 14.4 Å². The van der Waals surface area contributed by atoms with Crippen LogP contribution in [0.2, 0.25) is 5.02 Å². The van der Waals surface area contributed by atoms with E-state index in [1.54, 1.807) is 35.2 Å². The summed E-state index contributed by atoms with van der Waals surface area (Å²) in [5.74, 6) is 0.384. The highest BCUT2D eigenvalue weighted by molar-refractivity contribution is 6.30. The molecule has 3 aliphatic rings. The molecule has 0 N–H and O–H groups in total.